The fourth-order valence-electron chi connectivity index (χ4n) is 1.77. The van der Waals surface area contributed by atoms with Crippen LogP contribution in [0.1, 0.15) is 12.5 Å². The number of ether oxygens (including phenoxy) is 2. The number of hydrogen-bond acceptors (Lipinski definition) is 6. The van der Waals surface area contributed by atoms with Gasteiger partial charge in [-0.3, -0.25) is 4.79 Å². The monoisotopic (exact) mass is 297 g/mol. The Kier molecular flexibility index (Phi) is 6.48. The lowest BCUT2D eigenvalue weighted by Gasteiger charge is -2.17. The van der Waals surface area contributed by atoms with Crippen molar-refractivity contribution < 1.29 is 29.3 Å². The SMILES string of the molecule is COc1cc(C[C@H](NC(C)=O)C(=O)OCCO)ccc1O. The highest BCUT2D eigenvalue weighted by atomic mass is 16.5. The molecule has 1 aromatic carbocycles. The van der Waals surface area contributed by atoms with E-state index in [0.717, 1.165) is 0 Å². The molecule has 0 aliphatic carbocycles. The minimum atomic E-state index is -0.872. The third-order valence-electron chi connectivity index (χ3n) is 2.68. The van der Waals surface area contributed by atoms with Crippen LogP contribution in [0.25, 0.3) is 0 Å². The van der Waals surface area contributed by atoms with Gasteiger partial charge in [-0.05, 0) is 17.7 Å². The van der Waals surface area contributed by atoms with E-state index in [2.05, 4.69) is 5.32 Å². The highest BCUT2D eigenvalue weighted by molar-refractivity contribution is 5.83. The number of phenols is 1. The molecule has 0 fully saturated rings. The summed E-state index contributed by atoms with van der Waals surface area (Å²) in [4.78, 5) is 23.0. The number of phenolic OH excluding ortho intramolecular Hbond substituents is 1. The summed E-state index contributed by atoms with van der Waals surface area (Å²) >= 11 is 0. The highest BCUT2D eigenvalue weighted by Gasteiger charge is 2.22. The van der Waals surface area contributed by atoms with Gasteiger partial charge < -0.3 is 25.0 Å². The van der Waals surface area contributed by atoms with Crippen molar-refractivity contribution in [2.24, 2.45) is 0 Å². The van der Waals surface area contributed by atoms with Gasteiger partial charge in [0.15, 0.2) is 11.5 Å². The molecule has 0 radical (unpaired) electrons. The molecule has 0 heterocycles. The van der Waals surface area contributed by atoms with Gasteiger partial charge in [0.1, 0.15) is 12.6 Å². The zero-order valence-corrected chi connectivity index (χ0v) is 12.0. The van der Waals surface area contributed by atoms with E-state index < -0.39 is 12.0 Å². The summed E-state index contributed by atoms with van der Waals surface area (Å²) in [6.45, 7) is 0.878. The van der Waals surface area contributed by atoms with E-state index in [0.29, 0.717) is 5.56 Å². The van der Waals surface area contributed by atoms with Gasteiger partial charge in [-0.1, -0.05) is 6.07 Å². The quantitative estimate of drug-likeness (QED) is 0.611. The zero-order valence-electron chi connectivity index (χ0n) is 12.0. The third-order valence-corrected chi connectivity index (χ3v) is 2.68. The maximum atomic E-state index is 11.8. The van der Waals surface area contributed by atoms with Crippen LogP contribution in [-0.2, 0) is 20.7 Å². The number of aliphatic hydroxyl groups excluding tert-OH is 1. The summed E-state index contributed by atoms with van der Waals surface area (Å²) in [6, 6.07) is 3.76. The standard InChI is InChI=1S/C14H19NO6/c1-9(17)15-11(14(19)21-6-5-16)7-10-3-4-12(18)13(8-10)20-2/h3-4,8,11,16,18H,5-7H2,1-2H3,(H,15,17)/t11-/m0/s1. The lowest BCUT2D eigenvalue weighted by molar-refractivity contribution is -0.148. The van der Waals surface area contributed by atoms with Crippen LogP contribution >= 0.6 is 0 Å². The van der Waals surface area contributed by atoms with Crippen LogP contribution in [0.4, 0.5) is 0 Å². The number of hydrogen-bond donors (Lipinski definition) is 3. The van der Waals surface area contributed by atoms with E-state index in [9.17, 15) is 14.7 Å². The average molecular weight is 297 g/mol. The first-order chi connectivity index (χ1) is 9.97. The molecule has 3 N–H and O–H groups in total. The van der Waals surface area contributed by atoms with Crippen LogP contribution in [0.3, 0.4) is 0 Å². The predicted molar refractivity (Wildman–Crippen MR) is 74.0 cm³/mol. The van der Waals surface area contributed by atoms with Crippen molar-refractivity contribution in [1.29, 1.82) is 0 Å². The number of rotatable bonds is 7. The van der Waals surface area contributed by atoms with E-state index in [1.54, 1.807) is 12.1 Å². The number of benzene rings is 1. The maximum Gasteiger partial charge on any atom is 0.329 e. The largest absolute Gasteiger partial charge is 0.504 e. The lowest BCUT2D eigenvalue weighted by Crippen LogP contribution is -2.42. The van der Waals surface area contributed by atoms with Gasteiger partial charge in [-0.15, -0.1) is 0 Å². The van der Waals surface area contributed by atoms with Crippen LogP contribution in [0.15, 0.2) is 18.2 Å². The molecule has 0 saturated carbocycles. The number of esters is 1. The predicted octanol–water partition coefficient (Wildman–Crippen LogP) is -0.0165. The van der Waals surface area contributed by atoms with Crippen LogP contribution in [-0.4, -0.2) is 48.5 Å². The minimum absolute atomic E-state index is 0.0137. The third kappa shape index (κ3) is 5.31. The molecule has 21 heavy (non-hydrogen) atoms. The Morgan fingerprint density at radius 3 is 2.67 bits per heavy atom. The van der Waals surface area contributed by atoms with Crippen molar-refractivity contribution in [3.63, 3.8) is 0 Å². The fraction of sp³-hybridized carbons (Fsp3) is 0.429. The Labute approximate surface area is 122 Å². The molecular formula is C14H19NO6. The Hall–Kier alpha value is -2.28. The van der Waals surface area contributed by atoms with Crippen LogP contribution in [0.5, 0.6) is 11.5 Å². The van der Waals surface area contributed by atoms with Gasteiger partial charge in [-0.2, -0.15) is 0 Å². The molecule has 7 heteroatoms. The molecule has 1 aromatic rings. The van der Waals surface area contributed by atoms with Crippen molar-refractivity contribution in [1.82, 2.24) is 5.32 Å². The van der Waals surface area contributed by atoms with Gasteiger partial charge in [-0.25, -0.2) is 4.79 Å². The van der Waals surface area contributed by atoms with Crippen LogP contribution in [0.2, 0.25) is 0 Å². The van der Waals surface area contributed by atoms with Crippen LogP contribution in [0, 0.1) is 0 Å². The highest BCUT2D eigenvalue weighted by Crippen LogP contribution is 2.26. The Balaban J connectivity index is 2.84. The van der Waals surface area contributed by atoms with Gasteiger partial charge in [0.2, 0.25) is 5.91 Å². The first-order valence-corrected chi connectivity index (χ1v) is 6.38. The second-order valence-electron chi connectivity index (χ2n) is 4.35. The smallest absolute Gasteiger partial charge is 0.329 e. The number of nitrogens with one attached hydrogen (secondary N) is 1. The summed E-state index contributed by atoms with van der Waals surface area (Å²) in [7, 11) is 1.42. The van der Waals surface area contributed by atoms with Crippen molar-refractivity contribution in [3.05, 3.63) is 23.8 Å². The zero-order chi connectivity index (χ0) is 15.8. The molecule has 1 amide bonds. The summed E-state index contributed by atoms with van der Waals surface area (Å²) in [6.07, 6.45) is 0.181. The van der Waals surface area contributed by atoms with E-state index in [1.807, 2.05) is 0 Å². The molecule has 1 rings (SSSR count). The molecule has 0 spiro atoms. The summed E-state index contributed by atoms with van der Waals surface area (Å²) < 4.78 is 9.81. The van der Waals surface area contributed by atoms with Crippen LogP contribution < -0.4 is 10.1 Å². The van der Waals surface area contributed by atoms with E-state index in [-0.39, 0.29) is 37.0 Å². The van der Waals surface area contributed by atoms with Gasteiger partial charge in [0, 0.05) is 13.3 Å². The normalized spacial score (nSPS) is 11.6. The number of aromatic hydroxyl groups is 1. The van der Waals surface area contributed by atoms with E-state index >= 15 is 0 Å². The molecular weight excluding hydrogens is 278 g/mol. The summed E-state index contributed by atoms with van der Waals surface area (Å²) in [5, 5.41) is 20.7. The molecule has 1 atom stereocenters. The molecule has 0 unspecified atom stereocenters. The summed E-state index contributed by atoms with van der Waals surface area (Å²) in [5.41, 5.74) is 0.685. The summed E-state index contributed by atoms with van der Waals surface area (Å²) in [5.74, 6) is -0.740. The Morgan fingerprint density at radius 1 is 1.38 bits per heavy atom. The Morgan fingerprint density at radius 2 is 2.10 bits per heavy atom. The molecule has 7 nitrogen and oxygen atoms in total. The van der Waals surface area contributed by atoms with Gasteiger partial charge in [0.25, 0.3) is 0 Å². The molecule has 0 saturated heterocycles. The van der Waals surface area contributed by atoms with Crippen molar-refractivity contribution in [2.45, 2.75) is 19.4 Å². The molecule has 116 valence electrons. The first-order valence-electron chi connectivity index (χ1n) is 6.38. The Bertz CT molecular complexity index is 502. The molecule has 0 bridgehead atoms. The molecule has 0 aliphatic heterocycles. The number of methoxy groups -OCH3 is 1. The lowest BCUT2D eigenvalue weighted by atomic mass is 10.1. The second-order valence-corrected chi connectivity index (χ2v) is 4.35. The van der Waals surface area contributed by atoms with Gasteiger partial charge >= 0.3 is 5.97 Å². The molecule has 0 aromatic heterocycles. The first kappa shape index (κ1) is 16.8. The number of amides is 1. The maximum absolute atomic E-state index is 11.8. The topological polar surface area (TPSA) is 105 Å². The van der Waals surface area contributed by atoms with Crippen molar-refractivity contribution in [2.75, 3.05) is 20.3 Å². The minimum Gasteiger partial charge on any atom is -0.504 e. The van der Waals surface area contributed by atoms with E-state index in [1.165, 1.54) is 20.1 Å². The van der Waals surface area contributed by atoms with E-state index in [4.69, 9.17) is 14.6 Å². The number of carbonyl (C=O) groups excluding carboxylic acids is 2. The number of carbonyl (C=O) groups is 2. The fourth-order valence-corrected chi connectivity index (χ4v) is 1.77. The number of aliphatic hydroxyl groups is 1. The van der Waals surface area contributed by atoms with Crippen molar-refractivity contribution >= 4 is 11.9 Å². The van der Waals surface area contributed by atoms with Gasteiger partial charge in [0.05, 0.1) is 13.7 Å². The van der Waals surface area contributed by atoms with Crippen molar-refractivity contribution in [3.8, 4) is 11.5 Å². The molecule has 0 aliphatic rings. The average Bonchev–Trinajstić information content (AvgIpc) is 2.45. The second kappa shape index (κ2) is 8.11.